The van der Waals surface area contributed by atoms with Crippen LogP contribution in [0.1, 0.15) is 40.3 Å². The minimum absolute atomic E-state index is 0.165. The second kappa shape index (κ2) is 7.42. The molecule has 0 bridgehead atoms. The monoisotopic (exact) mass is 474 g/mol. The van der Waals surface area contributed by atoms with E-state index in [1.165, 1.54) is 6.92 Å². The quantitative estimate of drug-likeness (QED) is 0.393. The molecule has 0 spiro atoms. The average molecular weight is 475 g/mol. The van der Waals surface area contributed by atoms with E-state index in [0.29, 0.717) is 6.07 Å². The number of hydrogen-bond donors (Lipinski definition) is 3. The Balaban J connectivity index is 2.39. The van der Waals surface area contributed by atoms with Crippen molar-refractivity contribution in [1.82, 2.24) is 0 Å². The summed E-state index contributed by atoms with van der Waals surface area (Å²) in [6.07, 6.45) is -6.34. The number of benzene rings is 2. The van der Waals surface area contributed by atoms with Crippen molar-refractivity contribution in [2.24, 2.45) is 0 Å². The number of aliphatic hydroxyl groups excluding tert-OH is 1. The molecule has 0 saturated carbocycles. The van der Waals surface area contributed by atoms with E-state index in [2.05, 4.69) is 15.9 Å². The Bertz CT molecular complexity index is 1200. The molecule has 0 aliphatic carbocycles. The molecule has 148 valence electrons. The number of carbonyl (C=O) groups excluding carboxylic acids is 1. The molecule has 12 heteroatoms. The zero-order chi connectivity index (χ0) is 22.7. The van der Waals surface area contributed by atoms with Gasteiger partial charge in [-0.2, -0.15) is 13.2 Å². The van der Waals surface area contributed by atoms with Crippen molar-refractivity contribution >= 4 is 72.6 Å². The van der Waals surface area contributed by atoms with Crippen molar-refractivity contribution in [1.29, 1.82) is 0 Å². The third kappa shape index (κ3) is 3.41. The first-order chi connectivity index (χ1) is 13.8. The van der Waals surface area contributed by atoms with Gasteiger partial charge in [0.05, 0.1) is 15.6 Å². The summed E-state index contributed by atoms with van der Waals surface area (Å²) in [7, 11) is 17.4. The number of alkyl halides is 3. The summed E-state index contributed by atoms with van der Waals surface area (Å²) in [6.45, 7) is 1.25. The van der Waals surface area contributed by atoms with Crippen molar-refractivity contribution in [2.45, 2.75) is 19.2 Å². The molecular weight excluding hydrogens is 466 g/mol. The van der Waals surface area contributed by atoms with E-state index < -0.39 is 40.7 Å². The minimum atomic E-state index is -4.95. The van der Waals surface area contributed by atoms with E-state index in [1.807, 2.05) is 0 Å². The van der Waals surface area contributed by atoms with Crippen LogP contribution in [0.4, 0.5) is 13.2 Å². The second-order valence-electron chi connectivity index (χ2n) is 6.49. The van der Waals surface area contributed by atoms with Crippen LogP contribution in [-0.4, -0.2) is 44.6 Å². The average Bonchev–Trinajstić information content (AvgIpc) is 3.06. The number of aliphatic hydroxyl groups is 1. The van der Waals surface area contributed by atoms with Crippen molar-refractivity contribution in [2.75, 3.05) is 0 Å². The Morgan fingerprint density at radius 3 is 2.23 bits per heavy atom. The molecule has 0 amide bonds. The Labute approximate surface area is 180 Å². The molecule has 2 aromatic carbocycles. The van der Waals surface area contributed by atoms with Crippen LogP contribution < -0.4 is 16.4 Å². The molecule has 0 aliphatic heterocycles. The number of hydrogen-bond acceptors (Lipinski definition) is 5. The van der Waals surface area contributed by atoms with Gasteiger partial charge in [-0.3, -0.25) is 4.79 Å². The summed E-state index contributed by atoms with van der Waals surface area (Å²) in [5.74, 6) is -3.04. The van der Waals surface area contributed by atoms with Gasteiger partial charge in [0.1, 0.15) is 52.5 Å². The van der Waals surface area contributed by atoms with Gasteiger partial charge in [0, 0.05) is 10.9 Å². The number of phenolic OH excluding ortho intramolecular Hbond substituents is 2. The largest absolute Gasteiger partial charge is 0.509 e. The highest BCUT2D eigenvalue weighted by Crippen LogP contribution is 2.41. The van der Waals surface area contributed by atoms with Gasteiger partial charge in [-0.1, -0.05) is 10.9 Å². The lowest BCUT2D eigenvalue weighted by atomic mass is 9.73. The molecule has 5 nitrogen and oxygen atoms in total. The third-order valence-electron chi connectivity index (χ3n) is 4.49. The Morgan fingerprint density at radius 1 is 1.10 bits per heavy atom. The van der Waals surface area contributed by atoms with Gasteiger partial charge in [-0.15, -0.1) is 0 Å². The number of phenols is 2. The van der Waals surface area contributed by atoms with Crippen molar-refractivity contribution < 1.29 is 37.7 Å². The maximum atomic E-state index is 13.3. The van der Waals surface area contributed by atoms with Gasteiger partial charge in [0.15, 0.2) is 5.78 Å². The number of aromatic hydroxyl groups is 2. The molecule has 3 rings (SSSR count). The van der Waals surface area contributed by atoms with Crippen LogP contribution in [0.15, 0.2) is 21.0 Å². The van der Waals surface area contributed by atoms with Gasteiger partial charge in [0.25, 0.3) is 0 Å². The lowest BCUT2D eigenvalue weighted by Gasteiger charge is -2.14. The van der Waals surface area contributed by atoms with E-state index in [9.17, 15) is 33.3 Å². The number of carbonyl (C=O) groups is 1. The molecule has 1 atom stereocenters. The van der Waals surface area contributed by atoms with Crippen LogP contribution >= 0.6 is 15.9 Å². The number of furan rings is 1. The normalized spacial score (nSPS) is 13.0. The summed E-state index contributed by atoms with van der Waals surface area (Å²) in [5.41, 5.74) is -3.59. The van der Waals surface area contributed by atoms with Crippen LogP contribution in [-0.2, 0) is 6.18 Å². The SMILES string of the molecule is [B]c1c(O)c([B])c2oc(C(C)O)c(C(=O)c3cc(Br)c(O)c(C(F)(F)F)c3)c2c1[B]. The third-order valence-corrected chi connectivity index (χ3v) is 5.09. The molecule has 3 N–H and O–H groups in total. The lowest BCUT2D eigenvalue weighted by molar-refractivity contribution is -0.138. The Morgan fingerprint density at radius 2 is 1.70 bits per heavy atom. The summed E-state index contributed by atoms with van der Waals surface area (Å²) >= 11 is 2.79. The second-order valence-corrected chi connectivity index (χ2v) is 7.35. The molecular formula is C18H9B3BrF3O5. The first kappa shape index (κ1) is 22.4. The minimum Gasteiger partial charge on any atom is -0.509 e. The smallest absolute Gasteiger partial charge is 0.420 e. The molecule has 1 unspecified atom stereocenters. The van der Waals surface area contributed by atoms with Crippen LogP contribution in [0.2, 0.25) is 0 Å². The van der Waals surface area contributed by atoms with Crippen molar-refractivity contribution in [3.8, 4) is 11.5 Å². The lowest BCUT2D eigenvalue weighted by Crippen LogP contribution is -2.32. The Kier molecular flexibility index (Phi) is 5.53. The molecule has 3 aromatic rings. The van der Waals surface area contributed by atoms with Gasteiger partial charge < -0.3 is 19.7 Å². The van der Waals surface area contributed by atoms with E-state index in [1.54, 1.807) is 0 Å². The molecule has 0 saturated heterocycles. The molecule has 0 fully saturated rings. The summed E-state index contributed by atoms with van der Waals surface area (Å²) in [6, 6.07) is 1.43. The zero-order valence-corrected chi connectivity index (χ0v) is 16.7. The van der Waals surface area contributed by atoms with Gasteiger partial charge >= 0.3 is 6.18 Å². The highest BCUT2D eigenvalue weighted by Gasteiger charge is 2.37. The van der Waals surface area contributed by atoms with E-state index in [0.717, 1.165) is 6.07 Å². The fourth-order valence-corrected chi connectivity index (χ4v) is 3.48. The number of rotatable bonds is 3. The number of ketones is 1. The summed E-state index contributed by atoms with van der Waals surface area (Å²) < 4.78 is 44.8. The Hall–Kier alpha value is -2.33. The molecule has 30 heavy (non-hydrogen) atoms. The zero-order valence-electron chi connectivity index (χ0n) is 15.1. The molecule has 0 aliphatic rings. The maximum Gasteiger partial charge on any atom is 0.420 e. The summed E-state index contributed by atoms with van der Waals surface area (Å²) in [4.78, 5) is 13.2. The predicted molar refractivity (Wildman–Crippen MR) is 109 cm³/mol. The molecule has 1 heterocycles. The highest BCUT2D eigenvalue weighted by molar-refractivity contribution is 9.10. The van der Waals surface area contributed by atoms with Crippen LogP contribution in [0, 0.1) is 0 Å². The van der Waals surface area contributed by atoms with E-state index in [4.69, 9.17) is 28.0 Å². The maximum absolute atomic E-state index is 13.3. The molecule has 1 aromatic heterocycles. The number of halogens is 4. The topological polar surface area (TPSA) is 90.9 Å². The fourth-order valence-electron chi connectivity index (χ4n) is 3.02. The fraction of sp³-hybridized carbons (Fsp3) is 0.167. The predicted octanol–water partition coefficient (Wildman–Crippen LogP) is 1.29. The highest BCUT2D eigenvalue weighted by atomic mass is 79.9. The van der Waals surface area contributed by atoms with Gasteiger partial charge in [-0.25, -0.2) is 0 Å². The summed E-state index contributed by atoms with van der Waals surface area (Å²) in [5, 5.41) is 29.6. The van der Waals surface area contributed by atoms with Gasteiger partial charge in [0.2, 0.25) is 0 Å². The van der Waals surface area contributed by atoms with Crippen LogP contribution in [0.3, 0.4) is 0 Å². The first-order valence-corrected chi connectivity index (χ1v) is 9.00. The number of fused-ring (bicyclic) bond motifs is 1. The van der Waals surface area contributed by atoms with Crippen LogP contribution in [0.25, 0.3) is 11.0 Å². The van der Waals surface area contributed by atoms with Gasteiger partial charge in [-0.05, 0) is 40.4 Å². The van der Waals surface area contributed by atoms with Crippen LogP contribution in [0.5, 0.6) is 11.5 Å². The standard InChI is InChI=1S/C18H9B3BrF3O5/c1-4(26)16-9(8-10(19)11(20)15(29)12(21)17(8)30-16)13(27)5-2-6(18(23,24)25)14(28)7(22)3-5/h2-4,26,28-29H,1H3. The first-order valence-electron chi connectivity index (χ1n) is 8.21. The van der Waals surface area contributed by atoms with E-state index in [-0.39, 0.29) is 43.2 Å². The van der Waals surface area contributed by atoms with E-state index >= 15 is 0 Å². The van der Waals surface area contributed by atoms with Crippen molar-refractivity contribution in [3.63, 3.8) is 0 Å². The van der Waals surface area contributed by atoms with Crippen molar-refractivity contribution in [3.05, 3.63) is 39.1 Å². The molecule has 6 radical (unpaired) electrons.